The van der Waals surface area contributed by atoms with Gasteiger partial charge in [0.1, 0.15) is 8.34 Å². The van der Waals surface area contributed by atoms with Gasteiger partial charge in [-0.3, -0.25) is 4.57 Å². The summed E-state index contributed by atoms with van der Waals surface area (Å²) in [6.07, 6.45) is 0. The molecule has 0 aliphatic rings. The van der Waals surface area contributed by atoms with Crippen LogP contribution in [0.3, 0.4) is 0 Å². The van der Waals surface area contributed by atoms with Gasteiger partial charge in [-0.2, -0.15) is 0 Å². The number of halogens is 1. The van der Waals surface area contributed by atoms with Crippen LogP contribution in [0, 0.1) is 0 Å². The summed E-state index contributed by atoms with van der Waals surface area (Å²) in [4.78, 5) is 1.51. The summed E-state index contributed by atoms with van der Waals surface area (Å²) in [6.45, 7) is 0. The first-order chi connectivity index (χ1) is 1.91. The fraction of sp³-hybridized carbons (Fsp3) is 0. The van der Waals surface area contributed by atoms with E-state index < -0.39 is 0 Å². The van der Waals surface area contributed by atoms with Crippen molar-refractivity contribution >= 4 is 35.6 Å². The Balaban J connectivity index is 2.30. The van der Waals surface area contributed by atoms with Crippen LogP contribution in [-0.2, 0) is 4.57 Å². The zero-order chi connectivity index (χ0) is 3.41. The molecule has 0 aromatic carbocycles. The van der Waals surface area contributed by atoms with Crippen LogP contribution in [0.4, 0.5) is 0 Å². The zero-order valence-corrected chi connectivity index (χ0v) is 4.86. The van der Waals surface area contributed by atoms with Crippen molar-refractivity contribution in [3.05, 3.63) is 0 Å². The van der Waals surface area contributed by atoms with E-state index in [-0.39, 0.29) is 8.34 Å². The topological polar surface area (TPSA) is 17.1 Å². The van der Waals surface area contributed by atoms with Crippen LogP contribution in [-0.4, -0.2) is 4.86 Å². The molecule has 0 saturated heterocycles. The zero-order valence-electron chi connectivity index (χ0n) is 1.81. The third-order valence-corrected chi connectivity index (χ3v) is 0.802. The average molecular weight is 185 g/mol. The predicted molar refractivity (Wildman–Crippen MR) is 27.4 cm³/mol. The molecule has 21 valence electrons. The van der Waals surface area contributed by atoms with Crippen LogP contribution >= 0.6 is 30.7 Å². The maximum absolute atomic E-state index is 9.21. The molecule has 0 atom stereocenters. The van der Waals surface area contributed by atoms with Crippen molar-refractivity contribution in [2.45, 2.75) is 0 Å². The minimum absolute atomic E-state index is 0.110. The molecule has 0 heterocycles. The number of rotatable bonds is 1. The van der Waals surface area contributed by atoms with Gasteiger partial charge in [-0.05, 0) is 0 Å². The quantitative estimate of drug-likeness (QED) is 0.341. The van der Waals surface area contributed by atoms with E-state index in [1.165, 1.54) is 4.86 Å². The highest BCUT2D eigenvalue weighted by Gasteiger charge is 1.66. The molecular weight excluding hydrogens is 185 g/mol. The molecule has 0 aromatic heterocycles. The highest BCUT2D eigenvalue weighted by atomic mass is 127. The second-order valence-electron chi connectivity index (χ2n) is 0.203. The van der Waals surface area contributed by atoms with Gasteiger partial charge in [0.25, 0.3) is 0 Å². The molecule has 4 heteroatoms. The molecule has 1 nitrogen and oxygen atoms in total. The maximum atomic E-state index is 9.21. The second-order valence-corrected chi connectivity index (χ2v) is 2.28. The van der Waals surface area contributed by atoms with Gasteiger partial charge in [-0.25, -0.2) is 0 Å². The Morgan fingerprint density at radius 2 is 2.25 bits per heavy atom. The van der Waals surface area contributed by atoms with Gasteiger partial charge in [0.05, 0.1) is 0 Å². The van der Waals surface area contributed by atoms with Crippen LogP contribution in [0.15, 0.2) is 0 Å². The summed E-state index contributed by atoms with van der Waals surface area (Å²) >= 11 is 1.90. The van der Waals surface area contributed by atoms with E-state index in [0.717, 1.165) is 0 Å². The molecule has 0 amide bonds. The van der Waals surface area contributed by atoms with Crippen molar-refractivity contribution in [3.8, 4) is 0 Å². The molecule has 0 aliphatic heterocycles. The van der Waals surface area contributed by atoms with Gasteiger partial charge in [0, 0.05) is 0 Å². The molecule has 0 fully saturated rings. The van der Waals surface area contributed by atoms with E-state index in [1.807, 2.05) is 22.4 Å². The molecular formula is BIOP. The Labute approximate surface area is 40.4 Å². The van der Waals surface area contributed by atoms with E-state index in [2.05, 4.69) is 0 Å². The number of hydrogen-bond acceptors (Lipinski definition) is 1. The molecule has 1 radical (unpaired) electrons. The van der Waals surface area contributed by atoms with Crippen molar-refractivity contribution < 1.29 is 4.57 Å². The summed E-state index contributed by atoms with van der Waals surface area (Å²) in [5.74, 6) is 0. The van der Waals surface area contributed by atoms with Crippen molar-refractivity contribution in [1.82, 2.24) is 0 Å². The van der Waals surface area contributed by atoms with Crippen LogP contribution in [0.25, 0.3) is 0 Å². The van der Waals surface area contributed by atoms with Crippen molar-refractivity contribution in [2.75, 3.05) is 0 Å². The first-order valence-electron chi connectivity index (χ1n) is 0.659. The summed E-state index contributed by atoms with van der Waals surface area (Å²) in [6, 6.07) is 0. The van der Waals surface area contributed by atoms with Crippen LogP contribution in [0.1, 0.15) is 0 Å². The van der Waals surface area contributed by atoms with E-state index >= 15 is 0 Å². The Bertz CT molecular complexity index is 22.0. The fourth-order valence-electron chi connectivity index (χ4n) is 0. The average Bonchev–Trinajstić information content (AvgIpc) is 1.37. The molecule has 0 aromatic rings. The van der Waals surface area contributed by atoms with Gasteiger partial charge >= 0.3 is 4.86 Å². The van der Waals surface area contributed by atoms with Crippen molar-refractivity contribution in [2.24, 2.45) is 0 Å². The van der Waals surface area contributed by atoms with Crippen molar-refractivity contribution in [3.63, 3.8) is 0 Å². The lowest BCUT2D eigenvalue weighted by Gasteiger charge is -1.41. The van der Waals surface area contributed by atoms with Gasteiger partial charge in [0.2, 0.25) is 0 Å². The molecule has 0 saturated carbocycles. The van der Waals surface area contributed by atoms with E-state index in [1.54, 1.807) is 0 Å². The third kappa shape index (κ3) is 2.89. The lowest BCUT2D eigenvalue weighted by atomic mass is 10.8. The monoisotopic (exact) mass is 185 g/mol. The minimum atomic E-state index is 0.110. The fourth-order valence-corrected chi connectivity index (χ4v) is 0. The Morgan fingerprint density at radius 3 is 2.25 bits per heavy atom. The molecule has 0 aliphatic carbocycles. The first kappa shape index (κ1) is 4.89. The molecule has 4 heavy (non-hydrogen) atoms. The molecule has 0 bridgehead atoms. The standard InChI is InChI=1S/BIOP/c2-1-4-3. The Morgan fingerprint density at radius 1 is 2.00 bits per heavy atom. The highest BCUT2D eigenvalue weighted by molar-refractivity contribution is 14.1. The van der Waals surface area contributed by atoms with Crippen LogP contribution in [0.2, 0.25) is 0 Å². The summed E-state index contributed by atoms with van der Waals surface area (Å²) in [5.41, 5.74) is 0. The van der Waals surface area contributed by atoms with Crippen LogP contribution in [0.5, 0.6) is 0 Å². The SMILES string of the molecule is O=P[B]I. The Kier molecular flexibility index (Phi) is 4.77. The van der Waals surface area contributed by atoms with Gasteiger partial charge in [-0.15, -0.1) is 22.4 Å². The third-order valence-electron chi connectivity index (χ3n) is 0.0398. The lowest BCUT2D eigenvalue weighted by molar-refractivity contribution is 0.605. The highest BCUT2D eigenvalue weighted by Crippen LogP contribution is 1.89. The smallest absolute Gasteiger partial charge is 0.288 e. The van der Waals surface area contributed by atoms with E-state index in [0.29, 0.717) is 0 Å². The largest absolute Gasteiger partial charge is 0.324 e. The summed E-state index contributed by atoms with van der Waals surface area (Å²) in [5, 5.41) is 0. The van der Waals surface area contributed by atoms with Crippen molar-refractivity contribution in [1.29, 1.82) is 0 Å². The second kappa shape index (κ2) is 3.89. The summed E-state index contributed by atoms with van der Waals surface area (Å²) in [7, 11) is 0.110. The minimum Gasteiger partial charge on any atom is -0.288 e. The predicted octanol–water partition coefficient (Wildman–Crippen LogP) is 1.25. The maximum Gasteiger partial charge on any atom is 0.324 e. The Hall–Kier alpha value is 0.895. The summed E-state index contributed by atoms with van der Waals surface area (Å²) < 4.78 is 9.21. The van der Waals surface area contributed by atoms with E-state index in [4.69, 9.17) is 0 Å². The van der Waals surface area contributed by atoms with Gasteiger partial charge in [-0.1, -0.05) is 0 Å². The molecule has 0 N–H and O–H groups in total. The first-order valence-corrected chi connectivity index (χ1v) is 2.79. The van der Waals surface area contributed by atoms with Gasteiger partial charge in [0.15, 0.2) is 0 Å². The number of hydrogen-bond donors (Lipinski definition) is 0. The lowest BCUT2D eigenvalue weighted by Crippen LogP contribution is -1.37. The molecule has 0 spiro atoms. The molecule has 0 rings (SSSR count). The molecule has 0 unspecified atom stereocenters. The van der Waals surface area contributed by atoms with E-state index in [9.17, 15) is 4.57 Å². The normalized spacial score (nSPS) is 7.25. The van der Waals surface area contributed by atoms with Gasteiger partial charge < -0.3 is 0 Å². The van der Waals surface area contributed by atoms with Crippen LogP contribution < -0.4 is 0 Å².